The monoisotopic (exact) mass is 453 g/mol. The number of carbonyl (C=O) groups is 1. The fraction of sp³-hybridized carbons (Fsp3) is 0.217. The van der Waals surface area contributed by atoms with Crippen molar-refractivity contribution in [2.24, 2.45) is 0 Å². The van der Waals surface area contributed by atoms with Crippen LogP contribution in [0.4, 0.5) is 10.3 Å². The van der Waals surface area contributed by atoms with E-state index in [1.807, 2.05) is 0 Å². The lowest BCUT2D eigenvalue weighted by atomic mass is 10.0. The van der Waals surface area contributed by atoms with Gasteiger partial charge in [-0.3, -0.25) is 0 Å². The molecule has 1 aliphatic rings. The van der Waals surface area contributed by atoms with Gasteiger partial charge in [0.15, 0.2) is 0 Å². The van der Waals surface area contributed by atoms with Crippen LogP contribution in [0.15, 0.2) is 54.9 Å². The highest BCUT2D eigenvalue weighted by molar-refractivity contribution is 5.93. The van der Waals surface area contributed by atoms with E-state index in [1.165, 1.54) is 41.8 Å². The van der Waals surface area contributed by atoms with Gasteiger partial charge in [0.1, 0.15) is 11.5 Å². The molecule has 1 saturated carbocycles. The summed E-state index contributed by atoms with van der Waals surface area (Å²) in [6.45, 7) is 0. The molecule has 1 aromatic carbocycles. The van der Waals surface area contributed by atoms with E-state index < -0.39 is 5.97 Å². The quantitative estimate of drug-likeness (QED) is 0.438. The van der Waals surface area contributed by atoms with Gasteiger partial charge in [-0.25, -0.2) is 23.7 Å². The predicted molar refractivity (Wildman–Crippen MR) is 122 cm³/mol. The number of pyridine rings is 1. The first-order valence-corrected chi connectivity index (χ1v) is 10.2. The topological polar surface area (TPSA) is 92.4 Å². The number of benzene rings is 1. The van der Waals surface area contributed by atoms with Crippen molar-refractivity contribution in [1.82, 2.24) is 19.6 Å². The smallest absolute Gasteiger partial charge is 0.337 e. The number of hydrogen-bond acceptors (Lipinski definition) is 5. The molecular weight excluding hydrogens is 433 g/mol. The van der Waals surface area contributed by atoms with E-state index in [1.54, 1.807) is 30.5 Å². The lowest BCUT2D eigenvalue weighted by Gasteiger charge is -2.12. The molecule has 0 saturated heterocycles. The number of hydrogen-bond donors (Lipinski definition) is 2. The van der Waals surface area contributed by atoms with Crippen LogP contribution < -0.4 is 5.32 Å². The highest BCUT2D eigenvalue weighted by Gasteiger charge is 2.20. The Morgan fingerprint density at radius 3 is 2.56 bits per heavy atom. The SMILES string of the molecule is Cl.O=C(O)c1ccc2c(-c3ccnc(NC4CCCC4)n3)c(-c3ccc(F)cc3)nn2c1. The number of aromatic carboxylic acids is 1. The van der Waals surface area contributed by atoms with Crippen LogP contribution in [0.3, 0.4) is 0 Å². The van der Waals surface area contributed by atoms with Crippen molar-refractivity contribution in [3.8, 4) is 22.5 Å². The number of aromatic nitrogens is 4. The molecule has 0 unspecified atom stereocenters. The molecule has 1 aliphatic carbocycles. The van der Waals surface area contributed by atoms with E-state index >= 15 is 0 Å². The Balaban J connectivity index is 0.00000245. The third-order valence-electron chi connectivity index (χ3n) is 5.59. The van der Waals surface area contributed by atoms with Crippen molar-refractivity contribution < 1.29 is 14.3 Å². The Morgan fingerprint density at radius 1 is 1.09 bits per heavy atom. The number of anilines is 1. The zero-order chi connectivity index (χ0) is 21.4. The Morgan fingerprint density at radius 2 is 1.84 bits per heavy atom. The number of nitrogens with zero attached hydrogens (tertiary/aromatic N) is 4. The second-order valence-electron chi connectivity index (χ2n) is 7.67. The number of carboxylic acids is 1. The molecule has 32 heavy (non-hydrogen) atoms. The zero-order valence-electron chi connectivity index (χ0n) is 17.0. The van der Waals surface area contributed by atoms with Crippen molar-refractivity contribution in [2.45, 2.75) is 31.7 Å². The Hall–Kier alpha value is -3.52. The summed E-state index contributed by atoms with van der Waals surface area (Å²) in [6.07, 6.45) is 7.76. The van der Waals surface area contributed by atoms with Gasteiger partial charge in [-0.2, -0.15) is 5.10 Å². The van der Waals surface area contributed by atoms with Crippen LogP contribution in [-0.4, -0.2) is 36.7 Å². The maximum Gasteiger partial charge on any atom is 0.337 e. The standard InChI is InChI=1S/C23H20FN5O2.ClH/c24-16-8-5-14(6-9-16)21-20(19-10-7-15(22(30)31)13-29(19)28-21)18-11-12-25-23(27-18)26-17-3-1-2-4-17;/h5-13,17H,1-4H2,(H,30,31)(H,25,26,27);1H. The van der Waals surface area contributed by atoms with Gasteiger partial charge in [0.05, 0.1) is 22.3 Å². The van der Waals surface area contributed by atoms with E-state index in [-0.39, 0.29) is 23.8 Å². The summed E-state index contributed by atoms with van der Waals surface area (Å²) in [7, 11) is 0. The van der Waals surface area contributed by atoms with Crippen molar-refractivity contribution in [2.75, 3.05) is 5.32 Å². The van der Waals surface area contributed by atoms with Crippen LogP contribution in [-0.2, 0) is 0 Å². The van der Waals surface area contributed by atoms with E-state index in [9.17, 15) is 14.3 Å². The van der Waals surface area contributed by atoms with Crippen LogP contribution in [0, 0.1) is 5.82 Å². The third kappa shape index (κ3) is 4.13. The summed E-state index contributed by atoms with van der Waals surface area (Å²) in [4.78, 5) is 20.5. The molecule has 4 aromatic rings. The summed E-state index contributed by atoms with van der Waals surface area (Å²) in [6, 6.07) is 11.5. The molecule has 0 amide bonds. The zero-order valence-corrected chi connectivity index (χ0v) is 17.8. The molecule has 7 nitrogen and oxygen atoms in total. The molecule has 2 N–H and O–H groups in total. The average molecular weight is 454 g/mol. The first kappa shape index (κ1) is 21.7. The lowest BCUT2D eigenvalue weighted by molar-refractivity contribution is 0.0696. The first-order valence-electron chi connectivity index (χ1n) is 10.2. The molecule has 5 rings (SSSR count). The maximum absolute atomic E-state index is 13.5. The number of rotatable bonds is 5. The van der Waals surface area contributed by atoms with Crippen molar-refractivity contribution in [3.63, 3.8) is 0 Å². The minimum atomic E-state index is -1.03. The lowest BCUT2D eigenvalue weighted by Crippen LogP contribution is -2.16. The Kier molecular flexibility index (Phi) is 6.05. The van der Waals surface area contributed by atoms with Crippen molar-refractivity contribution in [1.29, 1.82) is 0 Å². The summed E-state index contributed by atoms with van der Waals surface area (Å²) >= 11 is 0. The second kappa shape index (κ2) is 8.92. The number of nitrogens with one attached hydrogen (secondary N) is 1. The number of carboxylic acid groups (broad SMARTS) is 1. The molecule has 164 valence electrons. The molecule has 0 spiro atoms. The van der Waals surface area contributed by atoms with E-state index in [0.717, 1.165) is 18.4 Å². The van der Waals surface area contributed by atoms with Crippen LogP contribution in [0.5, 0.6) is 0 Å². The van der Waals surface area contributed by atoms with E-state index in [0.29, 0.717) is 34.5 Å². The van der Waals surface area contributed by atoms with Gasteiger partial charge in [0.2, 0.25) is 5.95 Å². The third-order valence-corrected chi connectivity index (χ3v) is 5.59. The predicted octanol–water partition coefficient (Wildman–Crippen LogP) is 5.07. The van der Waals surface area contributed by atoms with Crippen molar-refractivity contribution >= 4 is 29.8 Å². The van der Waals surface area contributed by atoms with Crippen molar-refractivity contribution in [3.05, 3.63) is 66.2 Å². The fourth-order valence-corrected chi connectivity index (χ4v) is 4.06. The van der Waals surface area contributed by atoms with Gasteiger partial charge in [-0.05, 0) is 55.3 Å². The highest BCUT2D eigenvalue weighted by Crippen LogP contribution is 2.35. The summed E-state index contributed by atoms with van der Waals surface area (Å²) < 4.78 is 15.0. The fourth-order valence-electron chi connectivity index (χ4n) is 4.06. The summed E-state index contributed by atoms with van der Waals surface area (Å²) in [5.74, 6) is -0.823. The molecule has 9 heteroatoms. The van der Waals surface area contributed by atoms with Gasteiger partial charge in [-0.15, -0.1) is 12.4 Å². The van der Waals surface area contributed by atoms with E-state index in [2.05, 4.69) is 15.4 Å². The largest absolute Gasteiger partial charge is 0.478 e. The summed E-state index contributed by atoms with van der Waals surface area (Å²) in [5, 5.41) is 17.4. The van der Waals surface area contributed by atoms with Gasteiger partial charge in [0, 0.05) is 24.0 Å². The summed E-state index contributed by atoms with van der Waals surface area (Å²) in [5.41, 5.74) is 3.52. The Bertz CT molecular complexity index is 1270. The highest BCUT2D eigenvalue weighted by atomic mass is 35.5. The van der Waals surface area contributed by atoms with Crippen LogP contribution in [0.2, 0.25) is 0 Å². The second-order valence-corrected chi connectivity index (χ2v) is 7.67. The van der Waals surface area contributed by atoms with Crippen LogP contribution in [0.25, 0.3) is 28.0 Å². The Labute approximate surface area is 189 Å². The molecule has 0 radical (unpaired) electrons. The van der Waals surface area contributed by atoms with Crippen LogP contribution in [0.1, 0.15) is 36.0 Å². The van der Waals surface area contributed by atoms with Gasteiger partial charge < -0.3 is 10.4 Å². The maximum atomic E-state index is 13.5. The molecule has 1 fully saturated rings. The number of fused-ring (bicyclic) bond motifs is 1. The molecule has 3 aromatic heterocycles. The van der Waals surface area contributed by atoms with Gasteiger partial charge in [-0.1, -0.05) is 12.8 Å². The minimum absolute atomic E-state index is 0. The minimum Gasteiger partial charge on any atom is -0.478 e. The van der Waals surface area contributed by atoms with Gasteiger partial charge in [0.25, 0.3) is 0 Å². The van der Waals surface area contributed by atoms with Crippen LogP contribution >= 0.6 is 12.4 Å². The number of halogens is 2. The average Bonchev–Trinajstić information content (AvgIpc) is 3.41. The molecule has 0 aliphatic heterocycles. The van der Waals surface area contributed by atoms with E-state index in [4.69, 9.17) is 4.98 Å². The molecule has 0 atom stereocenters. The molecule has 0 bridgehead atoms. The first-order chi connectivity index (χ1) is 15.1. The normalized spacial score (nSPS) is 13.8. The van der Waals surface area contributed by atoms with Gasteiger partial charge >= 0.3 is 5.97 Å². The molecule has 3 heterocycles. The molecular formula is C23H21ClFN5O2.